The number of carbonyl (C=O) groups excluding carboxylic acids is 1. The van der Waals surface area contributed by atoms with E-state index < -0.39 is 5.41 Å². The van der Waals surface area contributed by atoms with E-state index in [9.17, 15) is 4.79 Å². The molecule has 0 bridgehead atoms. The molecule has 5 heteroatoms. The molecule has 0 amide bonds. The fraction of sp³-hybridized carbons (Fsp3) is 0.538. The Morgan fingerprint density at radius 1 is 1.39 bits per heavy atom. The molecule has 0 spiro atoms. The van der Waals surface area contributed by atoms with Gasteiger partial charge in [0.1, 0.15) is 0 Å². The zero-order chi connectivity index (χ0) is 13.6. The molecule has 0 saturated carbocycles. The lowest BCUT2D eigenvalue weighted by molar-refractivity contribution is -0.150. The number of nitrogens with zero attached hydrogens (tertiary/aromatic N) is 1. The largest absolute Gasteiger partial charge is 0.481 e. The Balaban J connectivity index is 2.43. The van der Waals surface area contributed by atoms with Crippen molar-refractivity contribution in [1.82, 2.24) is 10.3 Å². The van der Waals surface area contributed by atoms with Crippen molar-refractivity contribution in [3.63, 3.8) is 0 Å². The molecule has 0 unspecified atom stereocenters. The van der Waals surface area contributed by atoms with Gasteiger partial charge in [0, 0.05) is 25.4 Å². The van der Waals surface area contributed by atoms with E-state index in [1.54, 1.807) is 13.3 Å². The molecule has 5 nitrogen and oxygen atoms in total. The van der Waals surface area contributed by atoms with Gasteiger partial charge in [0.25, 0.3) is 0 Å². The summed E-state index contributed by atoms with van der Waals surface area (Å²) < 4.78 is 9.72. The van der Waals surface area contributed by atoms with E-state index in [0.29, 0.717) is 19.0 Å². The Labute approximate surface area is 108 Å². The normalized spacial score (nSPS) is 11.1. The highest BCUT2D eigenvalue weighted by atomic mass is 16.5. The van der Waals surface area contributed by atoms with Gasteiger partial charge in [-0.3, -0.25) is 4.79 Å². The number of aromatic nitrogens is 1. The minimum absolute atomic E-state index is 0.220. The second-order valence-corrected chi connectivity index (χ2v) is 4.69. The van der Waals surface area contributed by atoms with Gasteiger partial charge in [-0.05, 0) is 19.4 Å². The van der Waals surface area contributed by atoms with Gasteiger partial charge in [-0.25, -0.2) is 4.98 Å². The van der Waals surface area contributed by atoms with E-state index in [-0.39, 0.29) is 5.97 Å². The minimum atomic E-state index is -0.533. The zero-order valence-electron chi connectivity index (χ0n) is 11.3. The fourth-order valence-corrected chi connectivity index (χ4v) is 1.50. The number of nitrogens with one attached hydrogen (secondary N) is 1. The van der Waals surface area contributed by atoms with Gasteiger partial charge in [-0.2, -0.15) is 0 Å². The number of pyridine rings is 1. The predicted molar refractivity (Wildman–Crippen MR) is 68.3 cm³/mol. The topological polar surface area (TPSA) is 60.5 Å². The smallest absolute Gasteiger partial charge is 0.312 e. The number of methoxy groups -OCH3 is 2. The first-order valence-electron chi connectivity index (χ1n) is 5.77. The van der Waals surface area contributed by atoms with Crippen LogP contribution in [-0.4, -0.2) is 31.7 Å². The molecule has 1 heterocycles. The van der Waals surface area contributed by atoms with Crippen LogP contribution in [0.4, 0.5) is 0 Å². The second-order valence-electron chi connectivity index (χ2n) is 4.69. The van der Waals surface area contributed by atoms with Gasteiger partial charge >= 0.3 is 5.97 Å². The van der Waals surface area contributed by atoms with Crippen molar-refractivity contribution in [2.75, 3.05) is 20.8 Å². The number of hydrogen-bond donors (Lipinski definition) is 1. The molecule has 0 aliphatic rings. The lowest BCUT2D eigenvalue weighted by Crippen LogP contribution is -2.36. The molecule has 0 fully saturated rings. The van der Waals surface area contributed by atoms with Gasteiger partial charge in [0.15, 0.2) is 0 Å². The Hall–Kier alpha value is -1.62. The van der Waals surface area contributed by atoms with Gasteiger partial charge in [0.2, 0.25) is 5.88 Å². The van der Waals surface area contributed by atoms with Crippen LogP contribution in [0.25, 0.3) is 0 Å². The third-order valence-corrected chi connectivity index (χ3v) is 2.64. The highest BCUT2D eigenvalue weighted by Gasteiger charge is 2.27. The number of esters is 1. The molecule has 100 valence electrons. The molecule has 1 aromatic heterocycles. The summed E-state index contributed by atoms with van der Waals surface area (Å²) in [6, 6.07) is 3.74. The van der Waals surface area contributed by atoms with E-state index in [0.717, 1.165) is 5.56 Å². The van der Waals surface area contributed by atoms with Crippen molar-refractivity contribution >= 4 is 5.97 Å². The van der Waals surface area contributed by atoms with Crippen LogP contribution in [0.3, 0.4) is 0 Å². The van der Waals surface area contributed by atoms with E-state index in [4.69, 9.17) is 9.47 Å². The summed E-state index contributed by atoms with van der Waals surface area (Å²) in [6.45, 7) is 4.89. The molecule has 0 aliphatic heterocycles. The molecular formula is C13H20N2O3. The van der Waals surface area contributed by atoms with Crippen molar-refractivity contribution in [3.05, 3.63) is 23.9 Å². The van der Waals surface area contributed by atoms with Gasteiger partial charge in [-0.1, -0.05) is 6.07 Å². The van der Waals surface area contributed by atoms with E-state index in [2.05, 4.69) is 10.3 Å². The maximum absolute atomic E-state index is 11.5. The Kier molecular flexibility index (Phi) is 5.09. The van der Waals surface area contributed by atoms with Crippen LogP contribution >= 0.6 is 0 Å². The molecule has 18 heavy (non-hydrogen) atoms. The zero-order valence-corrected chi connectivity index (χ0v) is 11.3. The molecule has 0 aliphatic carbocycles. The van der Waals surface area contributed by atoms with Crippen molar-refractivity contribution in [2.45, 2.75) is 20.4 Å². The van der Waals surface area contributed by atoms with Crippen molar-refractivity contribution in [2.24, 2.45) is 5.41 Å². The van der Waals surface area contributed by atoms with Crippen LogP contribution in [0.15, 0.2) is 18.3 Å². The average molecular weight is 252 g/mol. The highest BCUT2D eigenvalue weighted by Crippen LogP contribution is 2.15. The van der Waals surface area contributed by atoms with Gasteiger partial charge < -0.3 is 14.8 Å². The van der Waals surface area contributed by atoms with Gasteiger partial charge in [0.05, 0.1) is 19.6 Å². The molecular weight excluding hydrogens is 232 g/mol. The minimum Gasteiger partial charge on any atom is -0.481 e. The van der Waals surface area contributed by atoms with Crippen LogP contribution in [-0.2, 0) is 16.1 Å². The molecule has 0 radical (unpaired) electrons. The summed E-state index contributed by atoms with van der Waals surface area (Å²) in [4.78, 5) is 15.6. The third kappa shape index (κ3) is 4.00. The summed E-state index contributed by atoms with van der Waals surface area (Å²) in [5, 5.41) is 3.21. The molecule has 0 saturated heterocycles. The monoisotopic (exact) mass is 252 g/mol. The molecule has 1 rings (SSSR count). The summed E-state index contributed by atoms with van der Waals surface area (Å²) >= 11 is 0. The molecule has 0 aromatic carbocycles. The third-order valence-electron chi connectivity index (χ3n) is 2.64. The fourth-order valence-electron chi connectivity index (χ4n) is 1.50. The second kappa shape index (κ2) is 6.35. The van der Waals surface area contributed by atoms with Crippen molar-refractivity contribution in [3.8, 4) is 5.88 Å². The van der Waals surface area contributed by atoms with Crippen LogP contribution in [0.5, 0.6) is 5.88 Å². The standard InChI is InChI=1S/C13H20N2O3/c1-13(2,12(16)18-4)9-14-7-10-5-6-11(17-3)15-8-10/h5-6,8,14H,7,9H2,1-4H3. The Morgan fingerprint density at radius 2 is 2.11 bits per heavy atom. The number of ether oxygens (including phenoxy) is 2. The first-order chi connectivity index (χ1) is 8.49. The van der Waals surface area contributed by atoms with Crippen LogP contribution in [0, 0.1) is 5.41 Å². The summed E-state index contributed by atoms with van der Waals surface area (Å²) in [5.41, 5.74) is 0.505. The SMILES string of the molecule is COC(=O)C(C)(C)CNCc1ccc(OC)nc1. The van der Waals surface area contributed by atoms with Crippen molar-refractivity contribution < 1.29 is 14.3 Å². The van der Waals surface area contributed by atoms with E-state index in [1.165, 1.54) is 7.11 Å². The lowest BCUT2D eigenvalue weighted by atomic mass is 9.94. The number of carbonyl (C=O) groups is 1. The van der Waals surface area contributed by atoms with Crippen LogP contribution in [0.2, 0.25) is 0 Å². The van der Waals surface area contributed by atoms with E-state index in [1.807, 2.05) is 26.0 Å². The average Bonchev–Trinajstić information content (AvgIpc) is 2.38. The first-order valence-corrected chi connectivity index (χ1v) is 5.77. The number of hydrogen-bond acceptors (Lipinski definition) is 5. The predicted octanol–water partition coefficient (Wildman–Crippen LogP) is 1.38. The summed E-state index contributed by atoms with van der Waals surface area (Å²) in [5.74, 6) is 0.372. The Bertz CT molecular complexity index is 388. The molecule has 0 atom stereocenters. The van der Waals surface area contributed by atoms with Gasteiger partial charge in [-0.15, -0.1) is 0 Å². The van der Waals surface area contributed by atoms with E-state index >= 15 is 0 Å². The highest BCUT2D eigenvalue weighted by molar-refractivity contribution is 5.76. The maximum atomic E-state index is 11.5. The van der Waals surface area contributed by atoms with Crippen LogP contribution in [0.1, 0.15) is 19.4 Å². The maximum Gasteiger partial charge on any atom is 0.312 e. The number of rotatable bonds is 6. The Morgan fingerprint density at radius 3 is 2.61 bits per heavy atom. The molecule has 1 aromatic rings. The summed E-state index contributed by atoms with van der Waals surface area (Å²) in [6.07, 6.45) is 1.75. The summed E-state index contributed by atoms with van der Waals surface area (Å²) in [7, 11) is 2.98. The molecule has 1 N–H and O–H groups in total. The van der Waals surface area contributed by atoms with Crippen molar-refractivity contribution in [1.29, 1.82) is 0 Å². The quantitative estimate of drug-likeness (QED) is 0.775. The lowest BCUT2D eigenvalue weighted by Gasteiger charge is -2.21. The van der Waals surface area contributed by atoms with Crippen LogP contribution < -0.4 is 10.1 Å². The first kappa shape index (κ1) is 14.4.